The summed E-state index contributed by atoms with van der Waals surface area (Å²) in [5.74, 6) is -0.976. The Kier molecular flexibility index (Phi) is 10.6. The average Bonchev–Trinajstić information content (AvgIpc) is 3.37. The zero-order valence-corrected chi connectivity index (χ0v) is 22.8. The molecular formula is C27H26F8N6O2. The fraction of sp³-hybridized carbons (Fsp3) is 0.370. The minimum Gasteiger partial charge on any atom is -0.380 e. The predicted molar refractivity (Wildman–Crippen MR) is 141 cm³/mol. The fourth-order valence-electron chi connectivity index (χ4n) is 4.11. The third-order valence-corrected chi connectivity index (χ3v) is 6.20. The molecule has 43 heavy (non-hydrogen) atoms. The van der Waals surface area contributed by atoms with Crippen molar-refractivity contribution in [1.29, 1.82) is 0 Å². The minimum absolute atomic E-state index is 0.0814. The second-order valence-corrected chi connectivity index (χ2v) is 9.46. The summed E-state index contributed by atoms with van der Waals surface area (Å²) in [6.07, 6.45) is -3.46. The molecule has 1 aliphatic heterocycles. The van der Waals surface area contributed by atoms with E-state index in [-0.39, 0.29) is 42.1 Å². The van der Waals surface area contributed by atoms with Gasteiger partial charge in [-0.15, -0.1) is 0 Å². The Morgan fingerprint density at radius 1 is 1.07 bits per heavy atom. The van der Waals surface area contributed by atoms with Crippen molar-refractivity contribution in [2.75, 3.05) is 31.6 Å². The highest BCUT2D eigenvalue weighted by atomic mass is 19.4. The van der Waals surface area contributed by atoms with E-state index in [1.807, 2.05) is 18.9 Å². The molecule has 1 atom stereocenters. The number of benzene rings is 1. The van der Waals surface area contributed by atoms with E-state index in [9.17, 15) is 44.7 Å². The Bertz CT molecular complexity index is 1490. The van der Waals surface area contributed by atoms with Gasteiger partial charge in [0.15, 0.2) is 12.1 Å². The van der Waals surface area contributed by atoms with Crippen LogP contribution in [0.25, 0.3) is 17.5 Å². The summed E-state index contributed by atoms with van der Waals surface area (Å²) in [7, 11) is 1.85. The number of carbonyl (C=O) groups excluding carboxylic acids is 1. The molecule has 1 fully saturated rings. The van der Waals surface area contributed by atoms with Crippen LogP contribution in [0.2, 0.25) is 0 Å². The molecular weight excluding hydrogens is 592 g/mol. The van der Waals surface area contributed by atoms with E-state index in [1.54, 1.807) is 17.4 Å². The standard InChI is InChI=1S/C18H17F4N3O.C9H9F4N3O/c1-3-5-25(2)6-4-12-7-15(16(19)8-13(12)11-26)17-23-9-14(10-24-17)18(20,21)22;10-5-1-2-16(4-5)6-3-14-15-8(17)7(6)9(11,12)13/h4,6-11H,3,5H2,1-2H3;3,5H,1-2,4H2,(H,15,17)/b6-4-;. The van der Waals surface area contributed by atoms with E-state index >= 15 is 0 Å². The molecule has 1 N–H and O–H groups in total. The lowest BCUT2D eigenvalue weighted by Gasteiger charge is -2.20. The number of nitrogens with zero attached hydrogens (tertiary/aromatic N) is 5. The summed E-state index contributed by atoms with van der Waals surface area (Å²) in [4.78, 5) is 32.6. The quantitative estimate of drug-likeness (QED) is 0.266. The first-order valence-corrected chi connectivity index (χ1v) is 12.8. The number of carbonyl (C=O) groups is 1. The first-order chi connectivity index (χ1) is 20.1. The van der Waals surface area contributed by atoms with Crippen LogP contribution in [-0.2, 0) is 12.4 Å². The van der Waals surface area contributed by atoms with Crippen molar-refractivity contribution < 1.29 is 39.9 Å². The zero-order chi connectivity index (χ0) is 31.9. The molecule has 0 bridgehead atoms. The van der Waals surface area contributed by atoms with E-state index in [0.717, 1.165) is 25.2 Å². The summed E-state index contributed by atoms with van der Waals surface area (Å²) in [5, 5.41) is 5.06. The highest BCUT2D eigenvalue weighted by molar-refractivity contribution is 5.84. The van der Waals surface area contributed by atoms with Gasteiger partial charge in [0.25, 0.3) is 5.56 Å². The molecule has 0 saturated carbocycles. The molecule has 1 saturated heterocycles. The van der Waals surface area contributed by atoms with Crippen LogP contribution in [0.3, 0.4) is 0 Å². The lowest BCUT2D eigenvalue weighted by Crippen LogP contribution is -2.30. The summed E-state index contributed by atoms with van der Waals surface area (Å²) in [5.41, 5.74) is -3.54. The molecule has 0 radical (unpaired) electrons. The van der Waals surface area contributed by atoms with Gasteiger partial charge in [0, 0.05) is 44.6 Å². The maximum atomic E-state index is 14.3. The largest absolute Gasteiger partial charge is 0.423 e. The smallest absolute Gasteiger partial charge is 0.380 e. The number of halogens is 8. The van der Waals surface area contributed by atoms with E-state index in [4.69, 9.17) is 0 Å². The molecule has 4 rings (SSSR count). The number of H-pyrrole nitrogens is 1. The van der Waals surface area contributed by atoms with Crippen molar-refractivity contribution in [3.8, 4) is 11.4 Å². The molecule has 0 amide bonds. The number of hydrogen-bond donors (Lipinski definition) is 1. The molecule has 232 valence electrons. The molecule has 3 aromatic rings. The van der Waals surface area contributed by atoms with Crippen LogP contribution < -0.4 is 10.5 Å². The number of nitrogens with one attached hydrogen (secondary N) is 1. The molecule has 1 aliphatic rings. The van der Waals surface area contributed by atoms with Crippen LogP contribution in [0, 0.1) is 5.82 Å². The van der Waals surface area contributed by atoms with Crippen molar-refractivity contribution in [1.82, 2.24) is 25.1 Å². The Balaban J connectivity index is 0.000000257. The van der Waals surface area contributed by atoms with Crippen molar-refractivity contribution in [3.63, 3.8) is 0 Å². The van der Waals surface area contributed by atoms with Crippen molar-refractivity contribution >= 4 is 18.0 Å². The topological polar surface area (TPSA) is 95.1 Å². The highest BCUT2D eigenvalue weighted by Crippen LogP contribution is 2.35. The molecule has 8 nitrogen and oxygen atoms in total. The Morgan fingerprint density at radius 2 is 1.74 bits per heavy atom. The lowest BCUT2D eigenvalue weighted by molar-refractivity contribution is -0.139. The number of rotatable bonds is 7. The number of alkyl halides is 7. The maximum absolute atomic E-state index is 14.3. The monoisotopic (exact) mass is 618 g/mol. The maximum Gasteiger partial charge on any atom is 0.423 e. The van der Waals surface area contributed by atoms with Gasteiger partial charge in [0.05, 0.1) is 23.0 Å². The van der Waals surface area contributed by atoms with E-state index < -0.39 is 41.0 Å². The van der Waals surface area contributed by atoms with Crippen molar-refractivity contribution in [3.05, 3.63) is 75.3 Å². The molecule has 0 spiro atoms. The molecule has 2 aromatic heterocycles. The normalized spacial score (nSPS) is 15.4. The van der Waals surface area contributed by atoms with Gasteiger partial charge in [-0.2, -0.15) is 31.4 Å². The van der Waals surface area contributed by atoms with Crippen LogP contribution >= 0.6 is 0 Å². The summed E-state index contributed by atoms with van der Waals surface area (Å²) >= 11 is 0. The zero-order valence-electron chi connectivity index (χ0n) is 22.8. The average molecular weight is 619 g/mol. The molecule has 16 heteroatoms. The summed E-state index contributed by atoms with van der Waals surface area (Å²) < 4.78 is 103. The van der Waals surface area contributed by atoms with Gasteiger partial charge < -0.3 is 9.80 Å². The molecule has 1 aromatic carbocycles. The van der Waals surface area contributed by atoms with Crippen LogP contribution in [0.15, 0.2) is 41.7 Å². The van der Waals surface area contributed by atoms with Gasteiger partial charge in [-0.05, 0) is 42.8 Å². The van der Waals surface area contributed by atoms with Gasteiger partial charge in [-0.1, -0.05) is 6.92 Å². The number of aromatic nitrogens is 4. The van der Waals surface area contributed by atoms with Gasteiger partial charge >= 0.3 is 12.4 Å². The Labute approximate surface area is 240 Å². The summed E-state index contributed by atoms with van der Waals surface area (Å²) in [6.45, 7) is 2.81. The lowest BCUT2D eigenvalue weighted by atomic mass is 10.0. The first-order valence-electron chi connectivity index (χ1n) is 12.8. The number of aromatic amines is 1. The van der Waals surface area contributed by atoms with E-state index in [2.05, 4.69) is 15.1 Å². The number of hydrogen-bond acceptors (Lipinski definition) is 7. The third-order valence-electron chi connectivity index (χ3n) is 6.20. The van der Waals surface area contributed by atoms with Gasteiger partial charge in [-0.3, -0.25) is 9.59 Å². The van der Waals surface area contributed by atoms with Crippen LogP contribution in [-0.4, -0.2) is 64.2 Å². The highest BCUT2D eigenvalue weighted by Gasteiger charge is 2.40. The van der Waals surface area contributed by atoms with Crippen LogP contribution in [0.4, 0.5) is 40.8 Å². The minimum atomic E-state index is -4.78. The Hall–Kier alpha value is -4.37. The second-order valence-electron chi connectivity index (χ2n) is 9.46. The summed E-state index contributed by atoms with van der Waals surface area (Å²) in [6, 6.07) is 2.36. The first kappa shape index (κ1) is 33.1. The number of anilines is 1. The number of aldehydes is 1. The van der Waals surface area contributed by atoms with Crippen molar-refractivity contribution in [2.45, 2.75) is 38.3 Å². The fourth-order valence-corrected chi connectivity index (χ4v) is 4.11. The Morgan fingerprint density at radius 3 is 2.28 bits per heavy atom. The third kappa shape index (κ3) is 8.58. The molecule has 3 heterocycles. The van der Waals surface area contributed by atoms with Gasteiger partial charge in [-0.25, -0.2) is 23.8 Å². The van der Waals surface area contributed by atoms with Gasteiger partial charge in [0.2, 0.25) is 0 Å². The van der Waals surface area contributed by atoms with Crippen LogP contribution in [0.5, 0.6) is 0 Å². The van der Waals surface area contributed by atoms with E-state index in [1.165, 1.54) is 11.0 Å². The van der Waals surface area contributed by atoms with Gasteiger partial charge in [0.1, 0.15) is 17.6 Å². The van der Waals surface area contributed by atoms with E-state index in [0.29, 0.717) is 24.2 Å². The molecule has 0 aliphatic carbocycles. The van der Waals surface area contributed by atoms with Crippen molar-refractivity contribution in [2.24, 2.45) is 0 Å². The van der Waals surface area contributed by atoms with Crippen LogP contribution in [0.1, 0.15) is 46.8 Å². The predicted octanol–water partition coefficient (Wildman–Crippen LogP) is 5.76. The molecule has 1 unspecified atom stereocenters. The second kappa shape index (κ2) is 13.7. The SMILES string of the molecule is CCCN(C)/C=C\c1cc(-c2ncc(C(F)(F)F)cn2)c(F)cc1C=O.O=c1[nH]ncc(N2CCC(F)C2)c1C(F)(F)F.